The van der Waals surface area contributed by atoms with E-state index in [9.17, 15) is 9.59 Å². The van der Waals surface area contributed by atoms with Gasteiger partial charge in [0, 0.05) is 5.69 Å². The van der Waals surface area contributed by atoms with Crippen molar-refractivity contribution < 1.29 is 19.4 Å². The number of carbonyl (C=O) groups is 2. The normalized spacial score (nSPS) is 23.4. The second-order valence-corrected chi connectivity index (χ2v) is 6.37. The maximum absolute atomic E-state index is 12.2. The Hall–Kier alpha value is -1.88. The van der Waals surface area contributed by atoms with Gasteiger partial charge in [-0.2, -0.15) is 0 Å². The number of carbonyl (C=O) groups excluding carboxylic acids is 1. The molecule has 2 aliphatic rings. The predicted octanol–water partition coefficient (Wildman–Crippen LogP) is 2.23. The molecular formula is C16H19NO4. The minimum absolute atomic E-state index is 0.0147. The molecule has 0 bridgehead atoms. The highest BCUT2D eigenvalue weighted by molar-refractivity contribution is 6.03. The van der Waals surface area contributed by atoms with Gasteiger partial charge in [-0.05, 0) is 44.4 Å². The van der Waals surface area contributed by atoms with Gasteiger partial charge in [0.25, 0.3) is 0 Å². The number of hydrogen-bond donors (Lipinski definition) is 1. The van der Waals surface area contributed by atoms with Crippen LogP contribution in [0.5, 0.6) is 0 Å². The Morgan fingerprint density at radius 2 is 2.24 bits per heavy atom. The summed E-state index contributed by atoms with van der Waals surface area (Å²) in [5, 5.41) is 9.09. The van der Waals surface area contributed by atoms with Crippen LogP contribution >= 0.6 is 0 Å². The number of rotatable bonds is 3. The third-order valence-corrected chi connectivity index (χ3v) is 4.21. The molecule has 112 valence electrons. The molecule has 1 saturated heterocycles. The number of ether oxygens (including phenoxy) is 1. The van der Waals surface area contributed by atoms with Gasteiger partial charge in [-0.25, -0.2) is 4.79 Å². The van der Waals surface area contributed by atoms with Crippen LogP contribution in [0.2, 0.25) is 0 Å². The van der Waals surface area contributed by atoms with E-state index in [1.807, 2.05) is 0 Å². The van der Waals surface area contributed by atoms with Gasteiger partial charge >= 0.3 is 5.97 Å². The summed E-state index contributed by atoms with van der Waals surface area (Å²) in [6, 6.07) is 4.87. The van der Waals surface area contributed by atoms with Crippen LogP contribution < -0.4 is 4.90 Å². The van der Waals surface area contributed by atoms with Gasteiger partial charge in [-0.1, -0.05) is 6.07 Å². The SMILES string of the molecule is CC1(C)CCC(CN2C(=O)Cc3ccc(C(=O)O)cc32)O1. The summed E-state index contributed by atoms with van der Waals surface area (Å²) in [4.78, 5) is 24.9. The molecule has 0 radical (unpaired) electrons. The van der Waals surface area contributed by atoms with Crippen LogP contribution in [0, 0.1) is 0 Å². The van der Waals surface area contributed by atoms with Crippen LogP contribution in [0.4, 0.5) is 5.69 Å². The molecule has 3 rings (SSSR count). The first-order valence-electron chi connectivity index (χ1n) is 7.20. The molecule has 1 N–H and O–H groups in total. The maximum atomic E-state index is 12.2. The molecule has 0 aromatic heterocycles. The number of benzene rings is 1. The highest BCUT2D eigenvalue weighted by Crippen LogP contribution is 2.34. The van der Waals surface area contributed by atoms with E-state index in [4.69, 9.17) is 9.84 Å². The summed E-state index contributed by atoms with van der Waals surface area (Å²) < 4.78 is 5.94. The zero-order valence-electron chi connectivity index (χ0n) is 12.3. The summed E-state index contributed by atoms with van der Waals surface area (Å²) in [6.45, 7) is 4.60. The van der Waals surface area contributed by atoms with Gasteiger partial charge in [-0.3, -0.25) is 4.79 Å². The molecule has 1 amide bonds. The average molecular weight is 289 g/mol. The Morgan fingerprint density at radius 1 is 1.48 bits per heavy atom. The molecule has 1 aromatic rings. The Morgan fingerprint density at radius 3 is 2.86 bits per heavy atom. The Labute approximate surface area is 123 Å². The molecule has 2 aliphatic heterocycles. The lowest BCUT2D eigenvalue weighted by Gasteiger charge is -2.24. The Balaban J connectivity index is 1.83. The number of nitrogens with zero attached hydrogens (tertiary/aromatic N) is 1. The van der Waals surface area contributed by atoms with Crippen molar-refractivity contribution in [3.63, 3.8) is 0 Å². The molecule has 0 spiro atoms. The van der Waals surface area contributed by atoms with E-state index in [1.54, 1.807) is 23.1 Å². The van der Waals surface area contributed by atoms with Crippen LogP contribution in [-0.4, -0.2) is 35.2 Å². The highest BCUT2D eigenvalue weighted by atomic mass is 16.5. The monoisotopic (exact) mass is 289 g/mol. The van der Waals surface area contributed by atoms with Crippen LogP contribution in [-0.2, 0) is 16.0 Å². The third-order valence-electron chi connectivity index (χ3n) is 4.21. The van der Waals surface area contributed by atoms with E-state index in [1.165, 1.54) is 0 Å². The maximum Gasteiger partial charge on any atom is 0.335 e. The van der Waals surface area contributed by atoms with Crippen molar-refractivity contribution in [1.82, 2.24) is 0 Å². The van der Waals surface area contributed by atoms with E-state index >= 15 is 0 Å². The zero-order valence-corrected chi connectivity index (χ0v) is 12.3. The third kappa shape index (κ3) is 2.65. The number of amides is 1. The van der Waals surface area contributed by atoms with Crippen LogP contribution in [0.1, 0.15) is 42.6 Å². The molecule has 2 heterocycles. The van der Waals surface area contributed by atoms with Gasteiger partial charge in [-0.15, -0.1) is 0 Å². The molecule has 21 heavy (non-hydrogen) atoms. The zero-order chi connectivity index (χ0) is 15.2. The van der Waals surface area contributed by atoms with Gasteiger partial charge in [0.2, 0.25) is 5.91 Å². The lowest BCUT2D eigenvalue weighted by Crippen LogP contribution is -2.36. The van der Waals surface area contributed by atoms with E-state index in [0.29, 0.717) is 18.7 Å². The van der Waals surface area contributed by atoms with Crippen LogP contribution in [0.15, 0.2) is 18.2 Å². The topological polar surface area (TPSA) is 66.8 Å². The molecule has 1 aromatic carbocycles. The molecular weight excluding hydrogens is 270 g/mol. The van der Waals surface area contributed by atoms with Crippen molar-refractivity contribution in [3.8, 4) is 0 Å². The lowest BCUT2D eigenvalue weighted by atomic mass is 10.1. The van der Waals surface area contributed by atoms with E-state index in [0.717, 1.165) is 18.4 Å². The fraction of sp³-hybridized carbons (Fsp3) is 0.500. The van der Waals surface area contributed by atoms with E-state index < -0.39 is 5.97 Å². The Kier molecular flexibility index (Phi) is 3.24. The molecule has 5 heteroatoms. The lowest BCUT2D eigenvalue weighted by molar-refractivity contribution is -0.118. The van der Waals surface area contributed by atoms with E-state index in [2.05, 4.69) is 13.8 Å². The van der Waals surface area contributed by atoms with Crippen molar-refractivity contribution in [1.29, 1.82) is 0 Å². The summed E-state index contributed by atoms with van der Waals surface area (Å²) >= 11 is 0. The van der Waals surface area contributed by atoms with Gasteiger partial charge < -0.3 is 14.7 Å². The number of aromatic carboxylic acids is 1. The second kappa shape index (κ2) is 4.84. The number of carboxylic acid groups (broad SMARTS) is 1. The first-order valence-corrected chi connectivity index (χ1v) is 7.20. The number of fused-ring (bicyclic) bond motifs is 1. The highest BCUT2D eigenvalue weighted by Gasteiger charge is 2.36. The quantitative estimate of drug-likeness (QED) is 0.926. The van der Waals surface area contributed by atoms with Crippen molar-refractivity contribution in [2.75, 3.05) is 11.4 Å². The summed E-state index contributed by atoms with van der Waals surface area (Å²) in [5.41, 5.74) is 1.68. The first-order chi connectivity index (χ1) is 9.85. The fourth-order valence-electron chi connectivity index (χ4n) is 3.10. The van der Waals surface area contributed by atoms with Crippen molar-refractivity contribution in [2.24, 2.45) is 0 Å². The second-order valence-electron chi connectivity index (χ2n) is 6.37. The molecule has 0 aliphatic carbocycles. The summed E-state index contributed by atoms with van der Waals surface area (Å²) in [6.07, 6.45) is 2.25. The molecule has 1 atom stereocenters. The van der Waals surface area contributed by atoms with Crippen molar-refractivity contribution >= 4 is 17.6 Å². The minimum atomic E-state index is -0.977. The molecule has 5 nitrogen and oxygen atoms in total. The van der Waals surface area contributed by atoms with Crippen molar-refractivity contribution in [2.45, 2.75) is 44.8 Å². The van der Waals surface area contributed by atoms with Crippen LogP contribution in [0.25, 0.3) is 0 Å². The standard InChI is InChI=1S/C16H19NO4/c1-16(2)6-5-12(21-16)9-17-13-7-11(15(19)20)4-3-10(13)8-14(17)18/h3-4,7,12H,5-6,8-9H2,1-2H3,(H,19,20). The smallest absolute Gasteiger partial charge is 0.335 e. The van der Waals surface area contributed by atoms with Gasteiger partial charge in [0.1, 0.15) is 0 Å². The first kappa shape index (κ1) is 14.1. The van der Waals surface area contributed by atoms with Crippen LogP contribution in [0.3, 0.4) is 0 Å². The fourth-order valence-corrected chi connectivity index (χ4v) is 3.10. The molecule has 1 unspecified atom stereocenters. The van der Waals surface area contributed by atoms with Gasteiger partial charge in [0.15, 0.2) is 0 Å². The predicted molar refractivity (Wildman–Crippen MR) is 77.6 cm³/mol. The largest absolute Gasteiger partial charge is 0.478 e. The molecule has 1 fully saturated rings. The summed E-state index contributed by atoms with van der Waals surface area (Å²) in [5.74, 6) is -0.962. The van der Waals surface area contributed by atoms with Gasteiger partial charge in [0.05, 0.1) is 30.2 Å². The average Bonchev–Trinajstić information content (AvgIpc) is 2.90. The summed E-state index contributed by atoms with van der Waals surface area (Å²) in [7, 11) is 0. The van der Waals surface area contributed by atoms with E-state index in [-0.39, 0.29) is 23.2 Å². The molecule has 0 saturated carbocycles. The Bertz CT molecular complexity index is 608. The minimum Gasteiger partial charge on any atom is -0.478 e. The number of anilines is 1. The number of hydrogen-bond acceptors (Lipinski definition) is 3. The number of carboxylic acids is 1. The van der Waals surface area contributed by atoms with Crippen molar-refractivity contribution in [3.05, 3.63) is 29.3 Å².